The van der Waals surface area contributed by atoms with Crippen LogP contribution < -0.4 is 15.4 Å². The number of thiocarbonyl (C=S) groups is 1. The molecule has 0 aliphatic carbocycles. The van der Waals surface area contributed by atoms with E-state index in [0.717, 1.165) is 30.5 Å². The van der Waals surface area contributed by atoms with E-state index >= 15 is 0 Å². The Hall–Kier alpha value is -3.14. The van der Waals surface area contributed by atoms with Gasteiger partial charge in [-0.05, 0) is 43.5 Å². The summed E-state index contributed by atoms with van der Waals surface area (Å²) in [5, 5.41) is 9.91. The third-order valence-electron chi connectivity index (χ3n) is 7.67. The molecule has 1 aromatic heterocycles. The Kier molecular flexibility index (Phi) is 8.08. The lowest BCUT2D eigenvalue weighted by molar-refractivity contribution is -0.123. The van der Waals surface area contributed by atoms with E-state index in [4.69, 9.17) is 12.2 Å². The molecule has 0 spiro atoms. The van der Waals surface area contributed by atoms with Crippen LogP contribution in [0.1, 0.15) is 36.5 Å². The Balaban J connectivity index is 1.55. The third-order valence-corrected chi connectivity index (χ3v) is 10.7. The van der Waals surface area contributed by atoms with Gasteiger partial charge in [0, 0.05) is 44.0 Å². The molecule has 0 bridgehead atoms. The van der Waals surface area contributed by atoms with Crippen molar-refractivity contribution in [3.63, 3.8) is 0 Å². The zero-order chi connectivity index (χ0) is 28.6. The minimum Gasteiger partial charge on any atom is -0.368 e. The van der Waals surface area contributed by atoms with Crippen LogP contribution in [0.15, 0.2) is 40.0 Å². The van der Waals surface area contributed by atoms with Gasteiger partial charge in [0.1, 0.15) is 21.8 Å². The summed E-state index contributed by atoms with van der Waals surface area (Å²) in [6.07, 6.45) is 2.80. The fourth-order valence-corrected chi connectivity index (χ4v) is 8.72. The highest BCUT2D eigenvalue weighted by atomic mass is 32.2. The van der Waals surface area contributed by atoms with Gasteiger partial charge in [-0.2, -0.15) is 5.26 Å². The first-order valence-corrected chi connectivity index (χ1v) is 16.4. The van der Waals surface area contributed by atoms with Crippen molar-refractivity contribution in [3.8, 4) is 6.07 Å². The van der Waals surface area contributed by atoms with E-state index in [9.17, 15) is 23.3 Å². The number of benzene rings is 1. The molecule has 210 valence electrons. The summed E-state index contributed by atoms with van der Waals surface area (Å²) in [6.45, 7) is 6.98. The molecule has 3 saturated heterocycles. The summed E-state index contributed by atoms with van der Waals surface area (Å²) in [7, 11) is -3.20. The van der Waals surface area contributed by atoms with Crippen LogP contribution in [0.25, 0.3) is 6.08 Å². The van der Waals surface area contributed by atoms with Gasteiger partial charge in [-0.15, -0.1) is 0 Å². The standard InChI is InChI=1S/C28H31N5O4S3/c1-3-10-32-25(31-13-11-30(12-14-31)20-7-5-4-6-8-20)22(19(2)23(17-29)26(32)34)16-24-27(35)33(28(38)39-24)21-9-15-40(36,37)18-21/h4-8,16,21H,3,9-15,18H2,1-2H3. The van der Waals surface area contributed by atoms with Crippen molar-refractivity contribution in [2.24, 2.45) is 0 Å². The van der Waals surface area contributed by atoms with Gasteiger partial charge in [0.25, 0.3) is 11.5 Å². The van der Waals surface area contributed by atoms with Gasteiger partial charge in [-0.25, -0.2) is 8.42 Å². The molecule has 4 heterocycles. The van der Waals surface area contributed by atoms with Gasteiger partial charge in [0.2, 0.25) is 0 Å². The topological polar surface area (TPSA) is 107 Å². The highest BCUT2D eigenvalue weighted by Gasteiger charge is 2.42. The molecule has 0 saturated carbocycles. The summed E-state index contributed by atoms with van der Waals surface area (Å²) in [6, 6.07) is 11.8. The summed E-state index contributed by atoms with van der Waals surface area (Å²) in [5.41, 5.74) is 2.04. The largest absolute Gasteiger partial charge is 0.368 e. The molecular formula is C28H31N5O4S3. The minimum atomic E-state index is -3.20. The van der Waals surface area contributed by atoms with Crippen LogP contribution in [-0.2, 0) is 21.2 Å². The number of amides is 1. The number of rotatable bonds is 6. The number of hydrogen-bond donors (Lipinski definition) is 0. The molecule has 0 radical (unpaired) electrons. The number of carbonyl (C=O) groups excluding carboxylic acids is 1. The number of carbonyl (C=O) groups is 1. The summed E-state index contributed by atoms with van der Waals surface area (Å²) < 4.78 is 26.2. The number of aromatic nitrogens is 1. The van der Waals surface area contributed by atoms with Gasteiger partial charge >= 0.3 is 0 Å². The fourth-order valence-electron chi connectivity index (χ4n) is 5.64. The Morgan fingerprint density at radius 3 is 2.40 bits per heavy atom. The average Bonchev–Trinajstić information content (AvgIpc) is 3.44. The second kappa shape index (κ2) is 11.4. The molecule has 1 atom stereocenters. The zero-order valence-corrected chi connectivity index (χ0v) is 24.9. The first kappa shape index (κ1) is 28.4. The molecule has 0 N–H and O–H groups in total. The van der Waals surface area contributed by atoms with Crippen molar-refractivity contribution in [2.75, 3.05) is 47.5 Å². The van der Waals surface area contributed by atoms with Crippen molar-refractivity contribution in [1.82, 2.24) is 9.47 Å². The molecule has 3 aliphatic rings. The lowest BCUT2D eigenvalue weighted by Crippen LogP contribution is -2.48. The normalized spacial score (nSPS) is 21.9. The smallest absolute Gasteiger partial charge is 0.270 e. The third kappa shape index (κ3) is 5.30. The van der Waals surface area contributed by atoms with Gasteiger partial charge in [-0.1, -0.05) is 49.1 Å². The molecule has 12 heteroatoms. The molecule has 2 aromatic rings. The molecule has 3 aliphatic heterocycles. The monoisotopic (exact) mass is 597 g/mol. The van der Waals surface area contributed by atoms with E-state index in [2.05, 4.69) is 28.0 Å². The van der Waals surface area contributed by atoms with E-state index in [1.54, 1.807) is 17.6 Å². The molecule has 1 amide bonds. The Labute approximate surface area is 244 Å². The van der Waals surface area contributed by atoms with Crippen molar-refractivity contribution >= 4 is 61.6 Å². The number of piperazine rings is 1. The highest BCUT2D eigenvalue weighted by Crippen LogP contribution is 2.38. The molecule has 3 fully saturated rings. The van der Waals surface area contributed by atoms with Gasteiger partial charge in [0.05, 0.1) is 22.5 Å². The van der Waals surface area contributed by atoms with E-state index in [1.165, 1.54) is 4.90 Å². The SMILES string of the molecule is CCCn1c(N2CCN(c3ccccc3)CC2)c(C=C2SC(=S)N(C3CCS(=O)(=O)C3)C2=O)c(C)c(C#N)c1=O. The van der Waals surface area contributed by atoms with Crippen LogP contribution in [-0.4, -0.2) is 71.8 Å². The average molecular weight is 598 g/mol. The fraction of sp³-hybridized carbons (Fsp3) is 0.429. The minimum absolute atomic E-state index is 0.0412. The molecule has 1 aromatic carbocycles. The second-order valence-electron chi connectivity index (χ2n) is 10.2. The Morgan fingerprint density at radius 1 is 1.12 bits per heavy atom. The van der Waals surface area contributed by atoms with Gasteiger partial charge < -0.3 is 9.80 Å². The summed E-state index contributed by atoms with van der Waals surface area (Å²) in [4.78, 5) is 33.3. The molecule has 40 heavy (non-hydrogen) atoms. The Bertz CT molecular complexity index is 1590. The van der Waals surface area contributed by atoms with Crippen molar-refractivity contribution in [1.29, 1.82) is 5.26 Å². The van der Waals surface area contributed by atoms with Crippen LogP contribution in [0.2, 0.25) is 0 Å². The first-order chi connectivity index (χ1) is 19.1. The number of hydrogen-bond acceptors (Lipinski definition) is 9. The summed E-state index contributed by atoms with van der Waals surface area (Å²) in [5.74, 6) is 0.315. The number of nitrogens with zero attached hydrogens (tertiary/aromatic N) is 5. The summed E-state index contributed by atoms with van der Waals surface area (Å²) >= 11 is 6.66. The lowest BCUT2D eigenvalue weighted by atomic mass is 10.0. The predicted octanol–water partition coefficient (Wildman–Crippen LogP) is 3.15. The highest BCUT2D eigenvalue weighted by molar-refractivity contribution is 8.26. The van der Waals surface area contributed by atoms with Crippen LogP contribution >= 0.6 is 24.0 Å². The number of thioether (sulfide) groups is 1. The van der Waals surface area contributed by atoms with Crippen LogP contribution in [0.3, 0.4) is 0 Å². The predicted molar refractivity (Wildman–Crippen MR) is 163 cm³/mol. The number of sulfone groups is 1. The van der Waals surface area contributed by atoms with E-state index in [0.29, 0.717) is 58.6 Å². The maximum Gasteiger partial charge on any atom is 0.270 e. The zero-order valence-electron chi connectivity index (χ0n) is 22.5. The number of nitriles is 1. The van der Waals surface area contributed by atoms with Gasteiger partial charge in [0.15, 0.2) is 9.84 Å². The molecular weight excluding hydrogens is 567 g/mol. The maximum absolute atomic E-state index is 13.5. The van der Waals surface area contributed by atoms with Crippen molar-refractivity contribution in [3.05, 3.63) is 62.3 Å². The van der Waals surface area contributed by atoms with Crippen molar-refractivity contribution < 1.29 is 13.2 Å². The second-order valence-corrected chi connectivity index (χ2v) is 14.1. The lowest BCUT2D eigenvalue weighted by Gasteiger charge is -2.39. The molecule has 9 nitrogen and oxygen atoms in total. The molecule has 1 unspecified atom stereocenters. The van der Waals surface area contributed by atoms with Crippen molar-refractivity contribution in [2.45, 2.75) is 39.3 Å². The number of pyridine rings is 1. The first-order valence-electron chi connectivity index (χ1n) is 13.3. The quantitative estimate of drug-likeness (QED) is 0.367. The van der Waals surface area contributed by atoms with E-state index < -0.39 is 15.9 Å². The van der Waals surface area contributed by atoms with Gasteiger partial charge in [-0.3, -0.25) is 19.1 Å². The number of para-hydroxylation sites is 1. The maximum atomic E-state index is 13.5. The molecule has 5 rings (SSSR count). The van der Waals surface area contributed by atoms with Crippen LogP contribution in [0.4, 0.5) is 11.5 Å². The Morgan fingerprint density at radius 2 is 1.80 bits per heavy atom. The van der Waals surface area contributed by atoms with E-state index in [1.807, 2.05) is 25.1 Å². The van der Waals surface area contributed by atoms with E-state index in [-0.39, 0.29) is 28.5 Å². The number of anilines is 2. The van der Waals surface area contributed by atoms with Crippen LogP contribution in [0, 0.1) is 18.3 Å². The van der Waals surface area contributed by atoms with Crippen LogP contribution in [0.5, 0.6) is 0 Å².